The molecule has 3 nitrogen and oxygen atoms in total. The van der Waals surface area contributed by atoms with Gasteiger partial charge in [0, 0.05) is 13.0 Å². The van der Waals surface area contributed by atoms with Crippen LogP contribution in [0.4, 0.5) is 0 Å². The second kappa shape index (κ2) is 8.26. The van der Waals surface area contributed by atoms with Crippen LogP contribution in [-0.2, 0) is 9.59 Å². The molecule has 0 aliphatic carbocycles. The van der Waals surface area contributed by atoms with Gasteiger partial charge in [-0.05, 0) is 19.3 Å². The van der Waals surface area contributed by atoms with Crippen LogP contribution in [0.5, 0.6) is 0 Å². The zero-order valence-electron chi connectivity index (χ0n) is 11.0. The van der Waals surface area contributed by atoms with E-state index in [9.17, 15) is 9.59 Å². The van der Waals surface area contributed by atoms with Crippen molar-refractivity contribution in [2.75, 3.05) is 6.54 Å². The van der Waals surface area contributed by atoms with Crippen LogP contribution in [0.25, 0.3) is 0 Å². The highest BCUT2D eigenvalue weighted by molar-refractivity contribution is 5.80. The maximum absolute atomic E-state index is 11.9. The molecule has 0 aromatic heterocycles. The summed E-state index contributed by atoms with van der Waals surface area (Å²) in [6, 6.07) is -0.136. The van der Waals surface area contributed by atoms with Crippen LogP contribution in [0, 0.1) is 0 Å². The minimum atomic E-state index is -0.136. The molecule has 0 saturated carbocycles. The van der Waals surface area contributed by atoms with Crippen LogP contribution in [0.1, 0.15) is 64.7 Å². The third-order valence-electron chi connectivity index (χ3n) is 3.52. The second-order valence-corrected chi connectivity index (χ2v) is 4.95. The SMILES string of the molecule is CCCCCCCCC(=O)N1CCC[C@H]1C=O. The number of amides is 1. The van der Waals surface area contributed by atoms with Crippen molar-refractivity contribution in [3.8, 4) is 0 Å². The Hall–Kier alpha value is -0.860. The van der Waals surface area contributed by atoms with Crippen molar-refractivity contribution in [1.29, 1.82) is 0 Å². The highest BCUT2D eigenvalue weighted by Crippen LogP contribution is 2.17. The lowest BCUT2D eigenvalue weighted by atomic mass is 10.1. The number of nitrogens with zero attached hydrogens (tertiary/aromatic N) is 1. The molecule has 0 aromatic carbocycles. The van der Waals surface area contributed by atoms with Gasteiger partial charge in [-0.1, -0.05) is 39.0 Å². The van der Waals surface area contributed by atoms with E-state index in [2.05, 4.69) is 6.92 Å². The van der Waals surface area contributed by atoms with Gasteiger partial charge < -0.3 is 9.69 Å². The summed E-state index contributed by atoms with van der Waals surface area (Å²) in [6.45, 7) is 2.98. The third kappa shape index (κ3) is 4.88. The van der Waals surface area contributed by atoms with Crippen LogP contribution in [0.2, 0.25) is 0 Å². The summed E-state index contributed by atoms with van der Waals surface area (Å²) in [5.41, 5.74) is 0. The number of hydrogen-bond acceptors (Lipinski definition) is 2. The standard InChI is InChI=1S/C14H25NO2/c1-2-3-4-5-6-7-10-14(17)15-11-8-9-13(15)12-16/h12-13H,2-11H2,1H3/t13-/m0/s1. The van der Waals surface area contributed by atoms with Crippen LogP contribution in [-0.4, -0.2) is 29.7 Å². The highest BCUT2D eigenvalue weighted by Gasteiger charge is 2.27. The number of carbonyl (C=O) groups is 2. The van der Waals surface area contributed by atoms with E-state index in [0.29, 0.717) is 6.42 Å². The molecular formula is C14H25NO2. The Morgan fingerprint density at radius 3 is 2.65 bits per heavy atom. The zero-order valence-corrected chi connectivity index (χ0v) is 11.0. The van der Waals surface area contributed by atoms with Gasteiger partial charge in [-0.2, -0.15) is 0 Å². The number of rotatable bonds is 8. The Morgan fingerprint density at radius 2 is 1.94 bits per heavy atom. The molecule has 0 radical (unpaired) electrons. The Kier molecular flexibility index (Phi) is 6.90. The third-order valence-corrected chi connectivity index (χ3v) is 3.52. The van der Waals surface area contributed by atoms with Gasteiger partial charge >= 0.3 is 0 Å². The molecule has 1 saturated heterocycles. The molecule has 17 heavy (non-hydrogen) atoms. The number of carbonyl (C=O) groups excluding carboxylic acids is 2. The zero-order chi connectivity index (χ0) is 12.5. The Bertz CT molecular complexity index is 240. The molecule has 3 heteroatoms. The monoisotopic (exact) mass is 239 g/mol. The second-order valence-electron chi connectivity index (χ2n) is 4.95. The average Bonchev–Trinajstić information content (AvgIpc) is 2.81. The maximum atomic E-state index is 11.9. The highest BCUT2D eigenvalue weighted by atomic mass is 16.2. The molecule has 1 atom stereocenters. The van der Waals surface area contributed by atoms with Crippen molar-refractivity contribution in [2.45, 2.75) is 70.8 Å². The molecular weight excluding hydrogens is 214 g/mol. The first-order valence-corrected chi connectivity index (χ1v) is 7.04. The molecule has 98 valence electrons. The van der Waals surface area contributed by atoms with Gasteiger partial charge in [-0.15, -0.1) is 0 Å². The normalized spacial score (nSPS) is 19.6. The van der Waals surface area contributed by atoms with Crippen LogP contribution in [0.15, 0.2) is 0 Å². The lowest BCUT2D eigenvalue weighted by Crippen LogP contribution is -2.36. The molecule has 1 rings (SSSR count). The van der Waals surface area contributed by atoms with E-state index in [1.165, 1.54) is 25.7 Å². The van der Waals surface area contributed by atoms with Crippen molar-refractivity contribution in [3.05, 3.63) is 0 Å². The smallest absolute Gasteiger partial charge is 0.223 e. The fourth-order valence-electron chi connectivity index (χ4n) is 2.44. The van der Waals surface area contributed by atoms with Gasteiger partial charge in [-0.25, -0.2) is 0 Å². The number of likely N-dealkylation sites (tertiary alicyclic amines) is 1. The van der Waals surface area contributed by atoms with E-state index in [1.807, 2.05) is 0 Å². The van der Waals surface area contributed by atoms with E-state index in [-0.39, 0.29) is 11.9 Å². The molecule has 1 amide bonds. The van der Waals surface area contributed by atoms with Crippen molar-refractivity contribution in [3.63, 3.8) is 0 Å². The number of hydrogen-bond donors (Lipinski definition) is 0. The molecule has 0 aromatic rings. The number of unbranched alkanes of at least 4 members (excludes halogenated alkanes) is 5. The fourth-order valence-corrected chi connectivity index (χ4v) is 2.44. The molecule has 1 heterocycles. The van der Waals surface area contributed by atoms with Crippen LogP contribution >= 0.6 is 0 Å². The van der Waals surface area contributed by atoms with Gasteiger partial charge in [0.05, 0.1) is 6.04 Å². The summed E-state index contributed by atoms with van der Waals surface area (Å²) in [4.78, 5) is 24.4. The Labute approximate surface area is 105 Å². The summed E-state index contributed by atoms with van der Waals surface area (Å²) in [5, 5.41) is 0. The minimum absolute atomic E-state index is 0.136. The fraction of sp³-hybridized carbons (Fsp3) is 0.857. The predicted octanol–water partition coefficient (Wildman–Crippen LogP) is 2.93. The first kappa shape index (κ1) is 14.2. The maximum Gasteiger partial charge on any atom is 0.223 e. The lowest BCUT2D eigenvalue weighted by molar-refractivity contribution is -0.134. The van der Waals surface area contributed by atoms with E-state index in [1.54, 1.807) is 4.90 Å². The van der Waals surface area contributed by atoms with Crippen LogP contribution < -0.4 is 0 Å². The predicted molar refractivity (Wildman–Crippen MR) is 68.8 cm³/mol. The van der Waals surface area contributed by atoms with Gasteiger partial charge in [0.25, 0.3) is 0 Å². The van der Waals surface area contributed by atoms with Crippen molar-refractivity contribution in [2.24, 2.45) is 0 Å². The van der Waals surface area contributed by atoms with Gasteiger partial charge in [-0.3, -0.25) is 4.79 Å². The molecule has 1 aliphatic heterocycles. The topological polar surface area (TPSA) is 37.4 Å². The number of aldehydes is 1. The summed E-state index contributed by atoms with van der Waals surface area (Å²) >= 11 is 0. The average molecular weight is 239 g/mol. The summed E-state index contributed by atoms with van der Waals surface area (Å²) in [5.74, 6) is 0.176. The summed E-state index contributed by atoms with van der Waals surface area (Å²) in [6.07, 6.45) is 10.6. The van der Waals surface area contributed by atoms with Gasteiger partial charge in [0.15, 0.2) is 0 Å². The lowest BCUT2D eigenvalue weighted by Gasteiger charge is -2.20. The molecule has 0 N–H and O–H groups in total. The summed E-state index contributed by atoms with van der Waals surface area (Å²) < 4.78 is 0. The van der Waals surface area contributed by atoms with Gasteiger partial charge in [0.2, 0.25) is 5.91 Å². The largest absolute Gasteiger partial charge is 0.333 e. The van der Waals surface area contributed by atoms with E-state index in [4.69, 9.17) is 0 Å². The quantitative estimate of drug-likeness (QED) is 0.482. The van der Waals surface area contributed by atoms with E-state index >= 15 is 0 Å². The molecule has 1 aliphatic rings. The molecule has 0 spiro atoms. The molecule has 0 unspecified atom stereocenters. The van der Waals surface area contributed by atoms with Gasteiger partial charge in [0.1, 0.15) is 6.29 Å². The van der Waals surface area contributed by atoms with Crippen molar-refractivity contribution in [1.82, 2.24) is 4.90 Å². The Morgan fingerprint density at radius 1 is 1.24 bits per heavy atom. The minimum Gasteiger partial charge on any atom is -0.333 e. The first-order chi connectivity index (χ1) is 8.29. The first-order valence-electron chi connectivity index (χ1n) is 7.04. The van der Waals surface area contributed by atoms with Crippen LogP contribution in [0.3, 0.4) is 0 Å². The van der Waals surface area contributed by atoms with E-state index in [0.717, 1.165) is 38.5 Å². The van der Waals surface area contributed by atoms with Crippen molar-refractivity contribution < 1.29 is 9.59 Å². The summed E-state index contributed by atoms with van der Waals surface area (Å²) in [7, 11) is 0. The van der Waals surface area contributed by atoms with Crippen molar-refractivity contribution >= 4 is 12.2 Å². The molecule has 1 fully saturated rings. The Balaban J connectivity index is 2.10. The van der Waals surface area contributed by atoms with E-state index < -0.39 is 0 Å². The molecule has 0 bridgehead atoms.